The van der Waals surface area contributed by atoms with Crippen molar-refractivity contribution < 1.29 is 24.1 Å². The molecule has 1 saturated heterocycles. The van der Waals surface area contributed by atoms with E-state index in [4.69, 9.17) is 19.9 Å². The number of allylic oxidation sites excluding steroid dienone is 1. The van der Waals surface area contributed by atoms with Gasteiger partial charge in [0.05, 0.1) is 37.9 Å². The van der Waals surface area contributed by atoms with E-state index in [1.807, 2.05) is 7.11 Å². The topological polar surface area (TPSA) is 91.0 Å². The van der Waals surface area contributed by atoms with E-state index in [0.717, 1.165) is 58.0 Å². The van der Waals surface area contributed by atoms with E-state index in [1.165, 1.54) is 0 Å². The van der Waals surface area contributed by atoms with Crippen LogP contribution in [0, 0.1) is 56.7 Å². The number of hydrogen-bond acceptors (Lipinski definition) is 5. The molecule has 4 aliphatic carbocycles. The second kappa shape index (κ2) is 11.1. The van der Waals surface area contributed by atoms with Crippen LogP contribution in [0.3, 0.4) is 0 Å². The van der Waals surface area contributed by atoms with Crippen LogP contribution in [-0.2, 0) is 19.0 Å². The lowest BCUT2D eigenvalue weighted by molar-refractivity contribution is -0.269. The summed E-state index contributed by atoms with van der Waals surface area (Å²) in [7, 11) is 1.84. The third-order valence-electron chi connectivity index (χ3n) is 15.3. The summed E-state index contributed by atoms with van der Waals surface area (Å²) < 4.78 is 19.7. The van der Waals surface area contributed by atoms with Crippen LogP contribution in [0.2, 0.25) is 0 Å². The van der Waals surface area contributed by atoms with Crippen molar-refractivity contribution in [3.63, 3.8) is 0 Å². The number of carboxylic acid groups (broad SMARTS) is 1. The molecule has 0 radical (unpaired) electrons. The fraction of sp³-hybridized carbons (Fsp3) is 0.919. The molecule has 3 saturated carbocycles. The lowest BCUT2D eigenvalue weighted by Crippen LogP contribution is -2.70. The van der Waals surface area contributed by atoms with E-state index < -0.39 is 5.97 Å². The summed E-state index contributed by atoms with van der Waals surface area (Å²) in [5.41, 5.74) is 7.05. The molecule has 1 heterocycles. The average molecular weight is 602 g/mol. The molecule has 1 unspecified atom stereocenters. The minimum Gasteiger partial charge on any atom is -0.481 e. The number of carboxylic acids is 1. The van der Waals surface area contributed by atoms with E-state index in [0.29, 0.717) is 36.9 Å². The van der Waals surface area contributed by atoms with Gasteiger partial charge >= 0.3 is 5.97 Å². The fourth-order valence-corrected chi connectivity index (χ4v) is 11.8. The van der Waals surface area contributed by atoms with Gasteiger partial charge in [-0.25, -0.2) is 0 Å². The number of aliphatic carboxylic acids is 1. The molecule has 0 aromatic rings. The summed E-state index contributed by atoms with van der Waals surface area (Å²) in [5, 5.41) is 10.9. The summed E-state index contributed by atoms with van der Waals surface area (Å²) >= 11 is 0. The average Bonchev–Trinajstić information content (AvgIpc) is 2.95. The van der Waals surface area contributed by atoms with Crippen molar-refractivity contribution in [3.05, 3.63) is 11.6 Å². The molecule has 246 valence electrons. The second-order valence-corrected chi connectivity index (χ2v) is 17.1. The Kier molecular flexibility index (Phi) is 8.62. The van der Waals surface area contributed by atoms with Crippen LogP contribution in [-0.4, -0.2) is 55.8 Å². The highest BCUT2D eigenvalue weighted by atomic mass is 16.5. The van der Waals surface area contributed by atoms with Crippen molar-refractivity contribution in [1.82, 2.24) is 0 Å². The lowest BCUT2D eigenvalue weighted by atomic mass is 9.34. The standard InChI is InChI=1S/C37H63NO5/c1-11-36(38,12-2)21-43-30-27(41-10)19-37-22-42-20-33(30,7)28(37)14-13-25-26(37)15-16-35(9)29(31(39)40)32(6,24(5)23(3)4)17-18-34(25,35)8/h15,23-25,27-30H,11-14,16-22,38H2,1-10H3,(H,39,40)/t24-,25+,27-,28+,29-,30+,32-,33?,34-,35+,37+/m1/s1. The van der Waals surface area contributed by atoms with Gasteiger partial charge in [-0.2, -0.15) is 0 Å². The molecule has 0 aromatic heterocycles. The van der Waals surface area contributed by atoms with E-state index >= 15 is 0 Å². The molecule has 6 nitrogen and oxygen atoms in total. The van der Waals surface area contributed by atoms with Gasteiger partial charge in [0, 0.05) is 23.5 Å². The zero-order valence-electron chi connectivity index (χ0n) is 29.1. The molecular formula is C37H63NO5. The van der Waals surface area contributed by atoms with Gasteiger partial charge in [-0.3, -0.25) is 4.79 Å². The third-order valence-corrected chi connectivity index (χ3v) is 15.3. The second-order valence-electron chi connectivity index (χ2n) is 17.1. The van der Waals surface area contributed by atoms with E-state index in [-0.39, 0.29) is 50.7 Å². The van der Waals surface area contributed by atoms with Crippen molar-refractivity contribution in [2.24, 2.45) is 62.4 Å². The number of rotatable bonds is 9. The first-order valence-electron chi connectivity index (χ1n) is 17.5. The monoisotopic (exact) mass is 601 g/mol. The zero-order valence-corrected chi connectivity index (χ0v) is 29.1. The predicted octanol–water partition coefficient (Wildman–Crippen LogP) is 7.49. The molecule has 0 aromatic carbocycles. The number of nitrogens with two attached hydrogens (primary N) is 1. The number of methoxy groups -OCH3 is 1. The first-order chi connectivity index (χ1) is 20.0. The molecule has 4 fully saturated rings. The van der Waals surface area contributed by atoms with Crippen molar-refractivity contribution >= 4 is 5.97 Å². The van der Waals surface area contributed by atoms with Crippen LogP contribution in [0.15, 0.2) is 11.6 Å². The Bertz CT molecular complexity index is 1100. The number of fused-ring (bicyclic) bond motifs is 3. The molecule has 2 bridgehead atoms. The Morgan fingerprint density at radius 2 is 1.77 bits per heavy atom. The highest BCUT2D eigenvalue weighted by Gasteiger charge is 2.71. The van der Waals surface area contributed by atoms with Crippen LogP contribution in [0.25, 0.3) is 0 Å². The molecule has 0 amide bonds. The normalized spacial score (nSPS) is 46.8. The third kappa shape index (κ3) is 4.57. The Labute approximate surface area is 262 Å². The van der Waals surface area contributed by atoms with Gasteiger partial charge in [-0.1, -0.05) is 74.0 Å². The molecular weight excluding hydrogens is 538 g/mol. The summed E-state index contributed by atoms with van der Waals surface area (Å²) in [4.78, 5) is 13.3. The minimum absolute atomic E-state index is 0.0304. The highest BCUT2D eigenvalue weighted by molar-refractivity contribution is 5.73. The van der Waals surface area contributed by atoms with Crippen LogP contribution < -0.4 is 5.73 Å². The maximum Gasteiger partial charge on any atom is 0.307 e. The maximum absolute atomic E-state index is 13.3. The molecule has 5 rings (SSSR count). The van der Waals surface area contributed by atoms with Gasteiger partial charge in [0.2, 0.25) is 0 Å². The van der Waals surface area contributed by atoms with Gasteiger partial charge in [-0.15, -0.1) is 0 Å². The Morgan fingerprint density at radius 3 is 2.35 bits per heavy atom. The SMILES string of the molecule is CCC(N)(CC)CO[C@H]1[C@H](OC)C[C@@]23COCC1(C)[C@@H]2CC[C@H]1C3=CC[C@@]2(C)[C@H](C(=O)O)[C@@](C)([C@H](C)C(C)C)CC[C@]12C. The molecule has 5 aliphatic rings. The maximum atomic E-state index is 13.3. The zero-order chi connectivity index (χ0) is 31.8. The number of carbonyl (C=O) groups is 1. The van der Waals surface area contributed by atoms with Gasteiger partial charge in [0.1, 0.15) is 0 Å². The van der Waals surface area contributed by atoms with Crippen LogP contribution >= 0.6 is 0 Å². The molecule has 11 atom stereocenters. The predicted molar refractivity (Wildman–Crippen MR) is 172 cm³/mol. The Balaban J connectivity index is 1.55. The number of ether oxygens (including phenoxy) is 3. The van der Waals surface area contributed by atoms with Gasteiger partial charge in [0.15, 0.2) is 0 Å². The Morgan fingerprint density at radius 1 is 1.09 bits per heavy atom. The first kappa shape index (κ1) is 33.4. The minimum atomic E-state index is -0.604. The lowest BCUT2D eigenvalue weighted by Gasteiger charge is -2.71. The first-order valence-corrected chi connectivity index (χ1v) is 17.5. The fourth-order valence-electron chi connectivity index (χ4n) is 11.8. The van der Waals surface area contributed by atoms with Crippen molar-refractivity contribution in [2.45, 2.75) is 131 Å². The molecule has 43 heavy (non-hydrogen) atoms. The van der Waals surface area contributed by atoms with E-state index in [2.05, 4.69) is 68.4 Å². The summed E-state index contributed by atoms with van der Waals surface area (Å²) in [6, 6.07) is 0. The van der Waals surface area contributed by atoms with E-state index in [9.17, 15) is 9.90 Å². The van der Waals surface area contributed by atoms with Crippen LogP contribution in [0.1, 0.15) is 114 Å². The quantitative estimate of drug-likeness (QED) is 0.266. The van der Waals surface area contributed by atoms with Crippen LogP contribution in [0.4, 0.5) is 0 Å². The Hall–Kier alpha value is -0.950. The van der Waals surface area contributed by atoms with Crippen LogP contribution in [0.5, 0.6) is 0 Å². The summed E-state index contributed by atoms with van der Waals surface area (Å²) in [6.45, 7) is 22.5. The number of hydrogen-bond donors (Lipinski definition) is 2. The largest absolute Gasteiger partial charge is 0.481 e. The highest BCUT2D eigenvalue weighted by Crippen LogP contribution is 2.75. The summed E-state index contributed by atoms with van der Waals surface area (Å²) in [6.07, 6.45) is 10.2. The van der Waals surface area contributed by atoms with Crippen molar-refractivity contribution in [1.29, 1.82) is 0 Å². The van der Waals surface area contributed by atoms with Gasteiger partial charge < -0.3 is 25.1 Å². The molecule has 0 spiro atoms. The van der Waals surface area contributed by atoms with Gasteiger partial charge in [0.25, 0.3) is 0 Å². The molecule has 3 N–H and O–H groups in total. The van der Waals surface area contributed by atoms with Crippen molar-refractivity contribution in [2.75, 3.05) is 26.9 Å². The molecule has 1 aliphatic heterocycles. The smallest absolute Gasteiger partial charge is 0.307 e. The van der Waals surface area contributed by atoms with E-state index in [1.54, 1.807) is 5.57 Å². The summed E-state index contributed by atoms with van der Waals surface area (Å²) in [5.74, 6) is 0.618. The molecule has 6 heteroatoms. The van der Waals surface area contributed by atoms with Crippen molar-refractivity contribution in [3.8, 4) is 0 Å². The van der Waals surface area contributed by atoms with Gasteiger partial charge in [-0.05, 0) is 91.3 Å².